The third-order valence-corrected chi connectivity index (χ3v) is 5.23. The number of benzene rings is 1. The third kappa shape index (κ3) is 6.26. The fraction of sp³-hybridized carbons (Fsp3) is 0.435. The molecule has 9 heteroatoms. The number of likely N-dealkylation sites (tertiary alicyclic amines) is 1. The van der Waals surface area contributed by atoms with Crippen LogP contribution in [0.3, 0.4) is 0 Å². The lowest BCUT2D eigenvalue weighted by molar-refractivity contribution is -0.123. The standard InChI is InChI=1S/C23H30N6O3/c1-23(2,3)21(31)28-19-18(24-11-12-25-19)20(30)27-17-9-13-29(14-10-17)22(32)26-15-16-7-5-4-6-8-16/h4-8,11-12,17H,9-10,13-15H2,1-3H3,(H,26,32)(H,27,30)(H,25,28,31). The number of hydrogen-bond acceptors (Lipinski definition) is 5. The summed E-state index contributed by atoms with van der Waals surface area (Å²) in [6.07, 6.45) is 4.12. The van der Waals surface area contributed by atoms with E-state index in [0.717, 1.165) is 5.56 Å². The van der Waals surface area contributed by atoms with Gasteiger partial charge in [0.25, 0.3) is 5.91 Å². The minimum atomic E-state index is -0.626. The van der Waals surface area contributed by atoms with Crippen LogP contribution in [0.4, 0.5) is 10.6 Å². The zero-order chi connectivity index (χ0) is 23.1. The molecule has 170 valence electrons. The van der Waals surface area contributed by atoms with E-state index in [1.807, 2.05) is 30.3 Å². The summed E-state index contributed by atoms with van der Waals surface area (Å²) in [6, 6.07) is 9.54. The minimum absolute atomic E-state index is 0.0770. The van der Waals surface area contributed by atoms with E-state index >= 15 is 0 Å². The van der Waals surface area contributed by atoms with E-state index in [1.165, 1.54) is 12.4 Å². The Morgan fingerprint density at radius 3 is 2.34 bits per heavy atom. The van der Waals surface area contributed by atoms with Crippen LogP contribution in [0.25, 0.3) is 0 Å². The van der Waals surface area contributed by atoms with Gasteiger partial charge < -0.3 is 20.9 Å². The van der Waals surface area contributed by atoms with Gasteiger partial charge >= 0.3 is 6.03 Å². The van der Waals surface area contributed by atoms with Crippen LogP contribution in [0, 0.1) is 5.41 Å². The molecule has 1 aliphatic heterocycles. The first-order chi connectivity index (χ1) is 15.2. The largest absolute Gasteiger partial charge is 0.348 e. The number of nitrogens with zero attached hydrogens (tertiary/aromatic N) is 3. The van der Waals surface area contributed by atoms with Gasteiger partial charge in [0.1, 0.15) is 0 Å². The maximum absolute atomic E-state index is 12.8. The Hall–Kier alpha value is -3.49. The Balaban J connectivity index is 1.50. The van der Waals surface area contributed by atoms with Crippen molar-refractivity contribution in [2.75, 3.05) is 18.4 Å². The predicted molar refractivity (Wildman–Crippen MR) is 121 cm³/mol. The van der Waals surface area contributed by atoms with Crippen molar-refractivity contribution in [3.05, 3.63) is 54.0 Å². The maximum atomic E-state index is 12.8. The molecule has 9 nitrogen and oxygen atoms in total. The van der Waals surface area contributed by atoms with Crippen LogP contribution in [0.2, 0.25) is 0 Å². The van der Waals surface area contributed by atoms with Gasteiger partial charge in [0.15, 0.2) is 11.5 Å². The van der Waals surface area contributed by atoms with Crippen molar-refractivity contribution < 1.29 is 14.4 Å². The summed E-state index contributed by atoms with van der Waals surface area (Å²) < 4.78 is 0. The average Bonchev–Trinajstić information content (AvgIpc) is 2.78. The van der Waals surface area contributed by atoms with E-state index in [4.69, 9.17) is 0 Å². The molecule has 0 radical (unpaired) electrons. The molecular weight excluding hydrogens is 408 g/mol. The number of aromatic nitrogens is 2. The fourth-order valence-corrected chi connectivity index (χ4v) is 3.26. The summed E-state index contributed by atoms with van der Waals surface area (Å²) in [5, 5.41) is 8.57. The lowest BCUT2D eigenvalue weighted by Gasteiger charge is -2.32. The fourth-order valence-electron chi connectivity index (χ4n) is 3.26. The van der Waals surface area contributed by atoms with Crippen LogP contribution in [0.1, 0.15) is 49.7 Å². The minimum Gasteiger partial charge on any atom is -0.348 e. The van der Waals surface area contributed by atoms with Crippen molar-refractivity contribution in [2.45, 2.75) is 46.2 Å². The molecule has 0 aliphatic carbocycles. The predicted octanol–water partition coefficient (Wildman–Crippen LogP) is 2.57. The van der Waals surface area contributed by atoms with Crippen molar-refractivity contribution in [1.29, 1.82) is 0 Å². The molecule has 0 saturated carbocycles. The van der Waals surface area contributed by atoms with Crippen molar-refractivity contribution in [3.8, 4) is 0 Å². The molecule has 1 saturated heterocycles. The van der Waals surface area contributed by atoms with Gasteiger partial charge in [-0.3, -0.25) is 9.59 Å². The number of hydrogen-bond donors (Lipinski definition) is 3. The molecular formula is C23H30N6O3. The monoisotopic (exact) mass is 438 g/mol. The zero-order valence-electron chi connectivity index (χ0n) is 18.7. The second kappa shape index (κ2) is 10.2. The Morgan fingerprint density at radius 1 is 1.03 bits per heavy atom. The van der Waals surface area contributed by atoms with E-state index in [9.17, 15) is 14.4 Å². The first-order valence-corrected chi connectivity index (χ1v) is 10.7. The molecule has 0 bridgehead atoms. The van der Waals surface area contributed by atoms with Gasteiger partial charge in [-0.25, -0.2) is 14.8 Å². The highest BCUT2D eigenvalue weighted by atomic mass is 16.2. The van der Waals surface area contributed by atoms with Crippen LogP contribution in [0.15, 0.2) is 42.7 Å². The average molecular weight is 439 g/mol. The molecule has 3 N–H and O–H groups in total. The van der Waals surface area contributed by atoms with Crippen molar-refractivity contribution in [3.63, 3.8) is 0 Å². The second-order valence-electron chi connectivity index (χ2n) is 8.84. The zero-order valence-corrected chi connectivity index (χ0v) is 18.7. The van der Waals surface area contributed by atoms with E-state index in [0.29, 0.717) is 32.5 Å². The molecule has 2 aromatic rings. The van der Waals surface area contributed by atoms with Crippen LogP contribution >= 0.6 is 0 Å². The number of rotatable bonds is 5. The highest BCUT2D eigenvalue weighted by molar-refractivity contribution is 6.02. The summed E-state index contributed by atoms with van der Waals surface area (Å²) in [4.78, 5) is 47.5. The van der Waals surface area contributed by atoms with E-state index < -0.39 is 11.3 Å². The van der Waals surface area contributed by atoms with Crippen LogP contribution in [0.5, 0.6) is 0 Å². The van der Waals surface area contributed by atoms with Crippen molar-refractivity contribution in [2.24, 2.45) is 5.41 Å². The van der Waals surface area contributed by atoms with Gasteiger partial charge in [0, 0.05) is 43.5 Å². The normalized spacial score (nSPS) is 14.5. The molecule has 1 fully saturated rings. The molecule has 0 unspecified atom stereocenters. The Morgan fingerprint density at radius 2 is 1.69 bits per heavy atom. The third-order valence-electron chi connectivity index (χ3n) is 5.23. The lowest BCUT2D eigenvalue weighted by Crippen LogP contribution is -2.49. The SMILES string of the molecule is CC(C)(C)C(=O)Nc1nccnc1C(=O)NC1CCN(C(=O)NCc2ccccc2)CC1. The van der Waals surface area contributed by atoms with E-state index in [1.54, 1.807) is 25.7 Å². The van der Waals surface area contributed by atoms with Crippen molar-refractivity contribution in [1.82, 2.24) is 25.5 Å². The van der Waals surface area contributed by atoms with E-state index in [-0.39, 0.29) is 29.5 Å². The van der Waals surface area contributed by atoms with Crippen LogP contribution < -0.4 is 16.0 Å². The number of nitrogens with one attached hydrogen (secondary N) is 3. The summed E-state index contributed by atoms with van der Waals surface area (Å²) in [6.45, 7) is 6.90. The number of carbonyl (C=O) groups is 3. The molecule has 0 spiro atoms. The second-order valence-corrected chi connectivity index (χ2v) is 8.84. The maximum Gasteiger partial charge on any atom is 0.317 e. The Kier molecular flexibility index (Phi) is 7.40. The number of anilines is 1. The highest BCUT2D eigenvalue weighted by Crippen LogP contribution is 2.18. The smallest absolute Gasteiger partial charge is 0.317 e. The summed E-state index contributed by atoms with van der Waals surface area (Å²) in [7, 11) is 0. The highest BCUT2D eigenvalue weighted by Gasteiger charge is 2.27. The van der Waals surface area contributed by atoms with Gasteiger partial charge in [-0.15, -0.1) is 0 Å². The summed E-state index contributed by atoms with van der Waals surface area (Å²) >= 11 is 0. The molecule has 32 heavy (non-hydrogen) atoms. The van der Waals surface area contributed by atoms with Gasteiger partial charge in [0.05, 0.1) is 0 Å². The van der Waals surface area contributed by atoms with E-state index in [2.05, 4.69) is 25.9 Å². The molecule has 4 amide bonds. The Labute approximate surface area is 188 Å². The molecule has 2 heterocycles. The molecule has 1 aliphatic rings. The summed E-state index contributed by atoms with van der Waals surface area (Å²) in [5.74, 6) is -0.501. The first kappa shape index (κ1) is 23.2. The van der Waals surface area contributed by atoms with Crippen LogP contribution in [-0.4, -0.2) is 51.8 Å². The quantitative estimate of drug-likeness (QED) is 0.663. The topological polar surface area (TPSA) is 116 Å². The number of urea groups is 1. The number of amides is 4. The summed E-state index contributed by atoms with van der Waals surface area (Å²) in [5.41, 5.74) is 0.494. The molecule has 0 atom stereocenters. The van der Waals surface area contributed by atoms with Gasteiger partial charge in [0.2, 0.25) is 5.91 Å². The van der Waals surface area contributed by atoms with Gasteiger partial charge in [-0.2, -0.15) is 0 Å². The molecule has 3 rings (SSSR count). The first-order valence-electron chi connectivity index (χ1n) is 10.7. The van der Waals surface area contributed by atoms with Gasteiger partial charge in [-0.05, 0) is 18.4 Å². The molecule has 1 aromatic carbocycles. The van der Waals surface area contributed by atoms with Crippen molar-refractivity contribution >= 4 is 23.7 Å². The number of carbonyl (C=O) groups excluding carboxylic acids is 3. The number of piperidine rings is 1. The molecule has 1 aromatic heterocycles. The lowest BCUT2D eigenvalue weighted by atomic mass is 9.96. The van der Waals surface area contributed by atoms with Crippen LogP contribution in [-0.2, 0) is 11.3 Å². The van der Waals surface area contributed by atoms with Gasteiger partial charge in [-0.1, -0.05) is 51.1 Å². The Bertz CT molecular complexity index is 950.